The Morgan fingerprint density at radius 2 is 1.95 bits per heavy atom. The molecule has 1 amide bonds. The number of nitro groups is 1. The van der Waals surface area contributed by atoms with E-state index >= 15 is 0 Å². The van der Waals surface area contributed by atoms with Gasteiger partial charge in [-0.15, -0.1) is 11.3 Å². The molecule has 0 unspecified atom stereocenters. The van der Waals surface area contributed by atoms with E-state index in [4.69, 9.17) is 4.74 Å². The monoisotopic (exact) mass is 573 g/mol. The van der Waals surface area contributed by atoms with Crippen molar-refractivity contribution in [2.24, 2.45) is 0 Å². The molecule has 0 atom stereocenters. The summed E-state index contributed by atoms with van der Waals surface area (Å²) in [5.41, 5.74) is 4.02. The van der Waals surface area contributed by atoms with E-state index in [1.54, 1.807) is 36.0 Å². The first-order valence-electron chi connectivity index (χ1n) is 12.5. The molecule has 3 aromatic carbocycles. The van der Waals surface area contributed by atoms with Crippen molar-refractivity contribution >= 4 is 51.4 Å². The summed E-state index contributed by atoms with van der Waals surface area (Å²) in [6, 6.07) is 21.6. The molecule has 2 heterocycles. The molecule has 2 aromatic heterocycles. The van der Waals surface area contributed by atoms with E-state index in [0.717, 1.165) is 44.5 Å². The number of rotatable bonds is 11. The Labute approximate surface area is 239 Å². The van der Waals surface area contributed by atoms with Crippen LogP contribution in [0.3, 0.4) is 0 Å². The van der Waals surface area contributed by atoms with Gasteiger partial charge >= 0.3 is 0 Å². The molecule has 0 aliphatic rings. The SMILES string of the molecule is CN(C)CCOc1ccc2nc(SCc3ccc(C(=O)Nc4cc(-c5cccs5)ccc4[N+](=O)[O-])cc3)[nH]c2c1. The van der Waals surface area contributed by atoms with Crippen LogP contribution in [-0.4, -0.2) is 52.9 Å². The van der Waals surface area contributed by atoms with E-state index in [2.05, 4.69) is 20.2 Å². The average molecular weight is 574 g/mol. The van der Waals surface area contributed by atoms with Crippen molar-refractivity contribution < 1.29 is 14.5 Å². The first-order valence-corrected chi connectivity index (χ1v) is 14.3. The highest BCUT2D eigenvalue weighted by molar-refractivity contribution is 7.98. The molecule has 0 spiro atoms. The van der Waals surface area contributed by atoms with Crippen LogP contribution in [-0.2, 0) is 5.75 Å². The van der Waals surface area contributed by atoms with Gasteiger partial charge in [-0.2, -0.15) is 0 Å². The van der Waals surface area contributed by atoms with Gasteiger partial charge in [-0.05, 0) is 73.1 Å². The minimum absolute atomic E-state index is 0.153. The number of thioether (sulfide) groups is 1. The van der Waals surface area contributed by atoms with Crippen molar-refractivity contribution in [2.45, 2.75) is 10.9 Å². The van der Waals surface area contributed by atoms with E-state index in [9.17, 15) is 14.9 Å². The fourth-order valence-electron chi connectivity index (χ4n) is 3.96. The van der Waals surface area contributed by atoms with Crippen LogP contribution < -0.4 is 10.1 Å². The van der Waals surface area contributed by atoms with E-state index < -0.39 is 10.8 Å². The third-order valence-corrected chi connectivity index (χ3v) is 7.94. The molecule has 5 aromatic rings. The lowest BCUT2D eigenvalue weighted by atomic mass is 10.1. The van der Waals surface area contributed by atoms with Crippen LogP contribution in [0.5, 0.6) is 5.75 Å². The van der Waals surface area contributed by atoms with Crippen molar-refractivity contribution in [2.75, 3.05) is 32.6 Å². The summed E-state index contributed by atoms with van der Waals surface area (Å²) in [6.07, 6.45) is 0. The Kier molecular flexibility index (Phi) is 8.44. The molecule has 0 aliphatic carbocycles. The number of nitro benzene ring substituents is 1. The minimum atomic E-state index is -0.495. The molecule has 40 heavy (non-hydrogen) atoms. The quantitative estimate of drug-likeness (QED) is 0.103. The number of anilines is 1. The summed E-state index contributed by atoms with van der Waals surface area (Å²) >= 11 is 3.09. The third-order valence-electron chi connectivity index (χ3n) is 6.08. The molecule has 0 bridgehead atoms. The molecule has 11 heteroatoms. The fourth-order valence-corrected chi connectivity index (χ4v) is 5.52. The van der Waals surface area contributed by atoms with Gasteiger partial charge in [0.25, 0.3) is 11.6 Å². The number of aromatic amines is 1. The zero-order chi connectivity index (χ0) is 28.1. The summed E-state index contributed by atoms with van der Waals surface area (Å²) in [4.78, 5) is 35.0. The zero-order valence-corrected chi connectivity index (χ0v) is 23.6. The van der Waals surface area contributed by atoms with Gasteiger partial charge in [0.1, 0.15) is 18.0 Å². The molecule has 0 saturated carbocycles. The van der Waals surface area contributed by atoms with E-state index in [1.807, 2.05) is 61.9 Å². The first kappa shape index (κ1) is 27.4. The Morgan fingerprint density at radius 1 is 1.12 bits per heavy atom. The Hall–Kier alpha value is -4.19. The summed E-state index contributed by atoms with van der Waals surface area (Å²) in [7, 11) is 4.02. The number of carbonyl (C=O) groups excluding carboxylic acids is 1. The highest BCUT2D eigenvalue weighted by Crippen LogP contribution is 2.33. The summed E-state index contributed by atoms with van der Waals surface area (Å²) in [5, 5.41) is 17.0. The second-order valence-electron chi connectivity index (χ2n) is 9.28. The number of ether oxygens (including phenoxy) is 1. The molecule has 9 nitrogen and oxygen atoms in total. The lowest BCUT2D eigenvalue weighted by Gasteiger charge is -2.10. The molecular weight excluding hydrogens is 546 g/mol. The van der Waals surface area contributed by atoms with Crippen LogP contribution >= 0.6 is 23.1 Å². The first-order chi connectivity index (χ1) is 19.4. The predicted octanol–water partition coefficient (Wildman–Crippen LogP) is 6.68. The largest absolute Gasteiger partial charge is 0.492 e. The topological polar surface area (TPSA) is 113 Å². The van der Waals surface area contributed by atoms with Gasteiger partial charge in [0.05, 0.1) is 16.0 Å². The number of nitrogens with zero attached hydrogens (tertiary/aromatic N) is 3. The highest BCUT2D eigenvalue weighted by Gasteiger charge is 2.18. The van der Waals surface area contributed by atoms with Crippen molar-refractivity contribution in [1.29, 1.82) is 0 Å². The van der Waals surface area contributed by atoms with Crippen LogP contribution in [0.1, 0.15) is 15.9 Å². The van der Waals surface area contributed by atoms with Gasteiger partial charge in [0, 0.05) is 34.9 Å². The van der Waals surface area contributed by atoms with Crippen LogP contribution in [0.25, 0.3) is 21.5 Å². The fraction of sp³-hybridized carbons (Fsp3) is 0.172. The lowest BCUT2D eigenvalue weighted by molar-refractivity contribution is -0.383. The highest BCUT2D eigenvalue weighted by atomic mass is 32.2. The molecule has 204 valence electrons. The predicted molar refractivity (Wildman–Crippen MR) is 161 cm³/mol. The van der Waals surface area contributed by atoms with Crippen molar-refractivity contribution in [3.8, 4) is 16.2 Å². The number of benzene rings is 3. The number of H-pyrrole nitrogens is 1. The number of amides is 1. The number of fused-ring (bicyclic) bond motifs is 1. The van der Waals surface area contributed by atoms with Crippen molar-refractivity contribution in [1.82, 2.24) is 14.9 Å². The number of likely N-dealkylation sites (N-methyl/N-ethyl adjacent to an activating group) is 1. The van der Waals surface area contributed by atoms with Gasteiger partial charge in [-0.1, -0.05) is 30.0 Å². The maximum atomic E-state index is 12.9. The van der Waals surface area contributed by atoms with Crippen LogP contribution in [0.4, 0.5) is 11.4 Å². The number of nitrogens with one attached hydrogen (secondary N) is 2. The van der Waals surface area contributed by atoms with E-state index in [0.29, 0.717) is 17.9 Å². The standard InChI is InChI=1S/C29H27N5O4S2/c1-33(2)13-14-38-22-10-11-23-24(17-22)32-29(31-23)40-18-19-5-7-20(8-6-19)28(35)30-25-16-21(27-4-3-15-39-27)9-12-26(25)34(36)37/h3-12,15-17H,13-14,18H2,1-2H3,(H,30,35)(H,31,32). The van der Waals surface area contributed by atoms with Crippen LogP contribution in [0, 0.1) is 10.1 Å². The van der Waals surface area contributed by atoms with Crippen LogP contribution in [0.2, 0.25) is 0 Å². The van der Waals surface area contributed by atoms with Crippen LogP contribution in [0.15, 0.2) is 83.3 Å². The zero-order valence-electron chi connectivity index (χ0n) is 21.9. The second kappa shape index (κ2) is 12.3. The van der Waals surface area contributed by atoms with Gasteiger partial charge in [-0.25, -0.2) is 4.98 Å². The lowest BCUT2D eigenvalue weighted by Crippen LogP contribution is -2.19. The minimum Gasteiger partial charge on any atom is -0.492 e. The number of hydrogen-bond donors (Lipinski definition) is 2. The number of hydrogen-bond acceptors (Lipinski definition) is 8. The Morgan fingerprint density at radius 3 is 2.67 bits per heavy atom. The number of aromatic nitrogens is 2. The normalized spacial score (nSPS) is 11.2. The molecule has 5 rings (SSSR count). The molecule has 0 fully saturated rings. The van der Waals surface area contributed by atoms with Gasteiger partial charge in [0.2, 0.25) is 0 Å². The maximum absolute atomic E-state index is 12.9. The molecule has 2 N–H and O–H groups in total. The Bertz CT molecular complexity index is 1630. The number of thiophene rings is 1. The maximum Gasteiger partial charge on any atom is 0.292 e. The molecule has 0 saturated heterocycles. The third kappa shape index (κ3) is 6.68. The van der Waals surface area contributed by atoms with Gasteiger partial charge in [-0.3, -0.25) is 14.9 Å². The van der Waals surface area contributed by atoms with Crippen molar-refractivity contribution in [3.05, 3.63) is 99.4 Å². The summed E-state index contributed by atoms with van der Waals surface area (Å²) in [5.74, 6) is 1.04. The molecule has 0 radical (unpaired) electrons. The molecule has 0 aliphatic heterocycles. The van der Waals surface area contributed by atoms with E-state index in [-0.39, 0.29) is 11.4 Å². The summed E-state index contributed by atoms with van der Waals surface area (Å²) < 4.78 is 5.81. The van der Waals surface area contributed by atoms with Crippen molar-refractivity contribution in [3.63, 3.8) is 0 Å². The summed E-state index contributed by atoms with van der Waals surface area (Å²) in [6.45, 7) is 1.45. The van der Waals surface area contributed by atoms with E-state index in [1.165, 1.54) is 17.4 Å². The van der Waals surface area contributed by atoms with Gasteiger partial charge < -0.3 is 19.9 Å². The van der Waals surface area contributed by atoms with Gasteiger partial charge in [0.15, 0.2) is 5.16 Å². The molecular formula is C29H27N5O4S2. The average Bonchev–Trinajstić information content (AvgIpc) is 3.62. The second-order valence-corrected chi connectivity index (χ2v) is 11.2. The Balaban J connectivity index is 1.21. The number of carbonyl (C=O) groups is 1. The number of imidazole rings is 1. The smallest absolute Gasteiger partial charge is 0.292 e.